The lowest BCUT2D eigenvalue weighted by molar-refractivity contribution is -0.156. The summed E-state index contributed by atoms with van der Waals surface area (Å²) in [5, 5.41) is 16.2. The van der Waals surface area contributed by atoms with Crippen molar-refractivity contribution in [3.63, 3.8) is 0 Å². The predicted octanol–water partition coefficient (Wildman–Crippen LogP) is 3.31. The number of thiophene rings is 1. The lowest BCUT2D eigenvalue weighted by atomic mass is 9.92. The van der Waals surface area contributed by atoms with Gasteiger partial charge in [0.25, 0.3) is 0 Å². The standard InChI is InChI=1S/C20H23N3O4S/c1-20(2,3)27-19(25)14-10-22-11-15-17(14)13(9-21)18(28-15)23-16(24)7-6-12-5-4-8-26-12/h4-5,8,14,22H,6-7,10-11H2,1-3H3,(H,23,24). The summed E-state index contributed by atoms with van der Waals surface area (Å²) in [5.41, 5.74) is 0.408. The molecule has 1 aliphatic rings. The Hall–Kier alpha value is -2.63. The quantitative estimate of drug-likeness (QED) is 0.745. The number of ether oxygens (including phenoxy) is 1. The molecule has 0 aliphatic carbocycles. The first-order chi connectivity index (χ1) is 13.3. The number of carbonyl (C=O) groups is 2. The van der Waals surface area contributed by atoms with Crippen molar-refractivity contribution in [2.45, 2.75) is 51.7 Å². The summed E-state index contributed by atoms with van der Waals surface area (Å²) in [7, 11) is 0. The first-order valence-corrected chi connectivity index (χ1v) is 9.91. The van der Waals surface area contributed by atoms with Gasteiger partial charge in [-0.2, -0.15) is 5.26 Å². The Labute approximate surface area is 167 Å². The topological polar surface area (TPSA) is 104 Å². The maximum Gasteiger partial charge on any atom is 0.315 e. The third kappa shape index (κ3) is 4.61. The van der Waals surface area contributed by atoms with Gasteiger partial charge < -0.3 is 19.8 Å². The van der Waals surface area contributed by atoms with Crippen LogP contribution < -0.4 is 10.6 Å². The monoisotopic (exact) mass is 401 g/mol. The van der Waals surface area contributed by atoms with Crippen LogP contribution in [0.2, 0.25) is 0 Å². The normalized spacial score (nSPS) is 16.1. The molecule has 1 aliphatic heterocycles. The van der Waals surface area contributed by atoms with E-state index < -0.39 is 11.5 Å². The van der Waals surface area contributed by atoms with Gasteiger partial charge in [-0.3, -0.25) is 9.59 Å². The summed E-state index contributed by atoms with van der Waals surface area (Å²) in [6.45, 7) is 6.39. The molecule has 8 heteroatoms. The lowest BCUT2D eigenvalue weighted by Crippen LogP contribution is -2.36. The van der Waals surface area contributed by atoms with Crippen LogP contribution in [0.25, 0.3) is 0 Å². The van der Waals surface area contributed by atoms with E-state index in [0.717, 1.165) is 10.6 Å². The summed E-state index contributed by atoms with van der Waals surface area (Å²) in [6, 6.07) is 5.76. The fraction of sp³-hybridized carbons (Fsp3) is 0.450. The molecule has 0 fully saturated rings. The summed E-state index contributed by atoms with van der Waals surface area (Å²) in [6.07, 6.45) is 2.29. The molecule has 1 unspecified atom stereocenters. The van der Waals surface area contributed by atoms with Crippen molar-refractivity contribution < 1.29 is 18.7 Å². The number of hydrogen-bond acceptors (Lipinski definition) is 7. The van der Waals surface area contributed by atoms with Crippen LogP contribution in [0.4, 0.5) is 5.00 Å². The molecule has 28 heavy (non-hydrogen) atoms. The van der Waals surface area contributed by atoms with Gasteiger partial charge in [0.15, 0.2) is 0 Å². The van der Waals surface area contributed by atoms with Gasteiger partial charge in [0.05, 0.1) is 17.7 Å². The molecular weight excluding hydrogens is 378 g/mol. The van der Waals surface area contributed by atoms with Gasteiger partial charge in [0.2, 0.25) is 5.91 Å². The summed E-state index contributed by atoms with van der Waals surface area (Å²) in [5.74, 6) is -0.405. The summed E-state index contributed by atoms with van der Waals surface area (Å²) in [4.78, 5) is 25.8. The Morgan fingerprint density at radius 1 is 1.46 bits per heavy atom. The second kappa shape index (κ2) is 8.17. The minimum atomic E-state index is -0.611. The molecule has 3 heterocycles. The van der Waals surface area contributed by atoms with Gasteiger partial charge in [-0.15, -0.1) is 11.3 Å². The molecule has 0 bridgehead atoms. The molecule has 2 aromatic heterocycles. The van der Waals surface area contributed by atoms with Crippen molar-refractivity contribution in [2.75, 3.05) is 11.9 Å². The van der Waals surface area contributed by atoms with Crippen molar-refractivity contribution in [3.05, 3.63) is 40.2 Å². The van der Waals surface area contributed by atoms with Crippen molar-refractivity contribution in [2.24, 2.45) is 0 Å². The number of fused-ring (bicyclic) bond motifs is 1. The molecule has 0 radical (unpaired) electrons. The molecule has 1 amide bonds. The number of amides is 1. The van der Waals surface area contributed by atoms with Crippen LogP contribution in [-0.4, -0.2) is 24.0 Å². The average molecular weight is 401 g/mol. The Kier molecular flexibility index (Phi) is 5.87. The van der Waals surface area contributed by atoms with Crippen LogP contribution in [0.1, 0.15) is 54.9 Å². The second-order valence-corrected chi connectivity index (χ2v) is 8.70. The van der Waals surface area contributed by atoms with E-state index in [-0.39, 0.29) is 18.3 Å². The van der Waals surface area contributed by atoms with Crippen LogP contribution >= 0.6 is 11.3 Å². The van der Waals surface area contributed by atoms with Crippen molar-refractivity contribution in [1.29, 1.82) is 5.26 Å². The minimum absolute atomic E-state index is 0.201. The highest BCUT2D eigenvalue weighted by Crippen LogP contribution is 2.40. The van der Waals surface area contributed by atoms with E-state index in [1.165, 1.54) is 11.3 Å². The lowest BCUT2D eigenvalue weighted by Gasteiger charge is -2.27. The number of esters is 1. The number of nitriles is 1. The molecule has 0 saturated heterocycles. The van der Waals surface area contributed by atoms with E-state index in [4.69, 9.17) is 9.15 Å². The van der Waals surface area contributed by atoms with Crippen LogP contribution in [0.3, 0.4) is 0 Å². The Morgan fingerprint density at radius 2 is 2.25 bits per heavy atom. The first-order valence-electron chi connectivity index (χ1n) is 9.10. The van der Waals surface area contributed by atoms with E-state index in [0.29, 0.717) is 35.6 Å². The van der Waals surface area contributed by atoms with Gasteiger partial charge in [-0.05, 0) is 32.9 Å². The van der Waals surface area contributed by atoms with Crippen LogP contribution in [0, 0.1) is 11.3 Å². The van der Waals surface area contributed by atoms with Gasteiger partial charge in [0, 0.05) is 36.4 Å². The Bertz CT molecular complexity index is 903. The largest absolute Gasteiger partial charge is 0.469 e. The zero-order valence-electron chi connectivity index (χ0n) is 16.1. The average Bonchev–Trinajstić information content (AvgIpc) is 3.25. The molecule has 148 valence electrons. The van der Waals surface area contributed by atoms with Crippen LogP contribution in [0.15, 0.2) is 22.8 Å². The smallest absolute Gasteiger partial charge is 0.315 e. The highest BCUT2D eigenvalue weighted by atomic mass is 32.1. The molecule has 1 atom stereocenters. The summed E-state index contributed by atoms with van der Waals surface area (Å²) >= 11 is 1.33. The fourth-order valence-corrected chi connectivity index (χ4v) is 4.27. The second-order valence-electron chi connectivity index (χ2n) is 7.60. The first kappa shape index (κ1) is 20.1. The Balaban J connectivity index is 1.78. The van der Waals surface area contributed by atoms with Gasteiger partial charge in [0.1, 0.15) is 22.4 Å². The van der Waals surface area contributed by atoms with Gasteiger partial charge in [-0.25, -0.2) is 0 Å². The molecule has 2 aromatic rings. The third-order valence-corrected chi connectivity index (χ3v) is 5.36. The Morgan fingerprint density at radius 3 is 2.89 bits per heavy atom. The zero-order chi connectivity index (χ0) is 20.3. The van der Waals surface area contributed by atoms with Gasteiger partial charge in [-0.1, -0.05) is 0 Å². The van der Waals surface area contributed by atoms with Crippen molar-refractivity contribution in [1.82, 2.24) is 5.32 Å². The van der Waals surface area contributed by atoms with Crippen molar-refractivity contribution in [3.8, 4) is 6.07 Å². The predicted molar refractivity (Wildman–Crippen MR) is 105 cm³/mol. The van der Waals surface area contributed by atoms with E-state index in [1.807, 2.05) is 26.8 Å². The van der Waals surface area contributed by atoms with E-state index in [1.54, 1.807) is 12.3 Å². The number of hydrogen-bond donors (Lipinski definition) is 2. The third-order valence-electron chi connectivity index (χ3n) is 4.24. The molecule has 0 saturated carbocycles. The van der Waals surface area contributed by atoms with E-state index in [2.05, 4.69) is 16.7 Å². The molecule has 0 spiro atoms. The van der Waals surface area contributed by atoms with Gasteiger partial charge >= 0.3 is 5.97 Å². The number of furan rings is 1. The minimum Gasteiger partial charge on any atom is -0.469 e. The van der Waals surface area contributed by atoms with Crippen LogP contribution in [0.5, 0.6) is 0 Å². The molecular formula is C20H23N3O4S. The number of nitrogens with zero attached hydrogens (tertiary/aromatic N) is 1. The maximum absolute atomic E-state index is 12.6. The highest BCUT2D eigenvalue weighted by molar-refractivity contribution is 7.16. The van der Waals surface area contributed by atoms with E-state index in [9.17, 15) is 14.9 Å². The zero-order valence-corrected chi connectivity index (χ0v) is 16.9. The molecule has 0 aromatic carbocycles. The number of rotatable bonds is 5. The van der Waals surface area contributed by atoms with Crippen molar-refractivity contribution >= 4 is 28.2 Å². The highest BCUT2D eigenvalue weighted by Gasteiger charge is 2.35. The summed E-state index contributed by atoms with van der Waals surface area (Å²) < 4.78 is 10.8. The number of nitrogens with one attached hydrogen (secondary N) is 2. The molecule has 3 rings (SSSR count). The number of anilines is 1. The number of carbonyl (C=O) groups excluding carboxylic acids is 2. The fourth-order valence-electron chi connectivity index (χ4n) is 3.08. The maximum atomic E-state index is 12.6. The molecule has 2 N–H and O–H groups in total. The number of aryl methyl sites for hydroxylation is 1. The van der Waals surface area contributed by atoms with E-state index >= 15 is 0 Å². The molecule has 7 nitrogen and oxygen atoms in total. The van der Waals surface area contributed by atoms with Crippen LogP contribution in [-0.2, 0) is 27.3 Å². The SMILES string of the molecule is CC(C)(C)OC(=O)C1CNCc2sc(NC(=O)CCc3ccco3)c(C#N)c21.